The van der Waals surface area contributed by atoms with Gasteiger partial charge in [-0.15, -0.1) is 0 Å². The number of ether oxygens (including phenoxy) is 6. The molecule has 1 unspecified atom stereocenters. The number of esters is 4. The number of aliphatic hydroxyl groups excluding tert-OH is 1. The number of primary amides is 1. The summed E-state index contributed by atoms with van der Waals surface area (Å²) in [5.74, 6) is -5.54. The summed E-state index contributed by atoms with van der Waals surface area (Å²) in [7, 11) is 1.18. The van der Waals surface area contributed by atoms with Gasteiger partial charge in [-0.1, -0.05) is 239 Å². The zero-order valence-corrected chi connectivity index (χ0v) is 55.5. The molecule has 1 rings (SSSR count). The van der Waals surface area contributed by atoms with Gasteiger partial charge in [0.1, 0.15) is 55.3 Å². The van der Waals surface area contributed by atoms with Crippen LogP contribution in [0.15, 0.2) is 0 Å². The highest BCUT2D eigenvalue weighted by molar-refractivity contribution is 5.92. The lowest BCUT2D eigenvalue weighted by Crippen LogP contribution is -2.66. The summed E-state index contributed by atoms with van der Waals surface area (Å²) in [5, 5.41) is 19.5. The number of methoxy groups -OCH3 is 1. The SMILES string of the molecule is CCCCCCCCCCCCCCCCCC(=O)OC[C@H]1O[C@H](OC(=O)C[C@@H](CCCCCCCCCCC)OC(=O)CCCCCCCCCCCCCCC)[C@H](NC(C)=O)[C@H](OC(C)C(=O)N[C@@H](C)C(=O)N[C@H](CCC(=O)OC)C(N)=O)[C@@H]1O. The summed E-state index contributed by atoms with van der Waals surface area (Å²) in [6, 6.07) is -3.93. The van der Waals surface area contributed by atoms with E-state index < -0.39 is 109 Å². The molecule has 4 amide bonds. The fourth-order valence-corrected chi connectivity index (χ4v) is 11.0. The fourth-order valence-electron chi connectivity index (χ4n) is 11.0. The summed E-state index contributed by atoms with van der Waals surface area (Å²) in [6.45, 7) is 10.1. The van der Waals surface area contributed by atoms with E-state index in [1.54, 1.807) is 0 Å². The maximum Gasteiger partial charge on any atom is 0.311 e. The van der Waals surface area contributed by atoms with E-state index in [1.807, 2.05) is 0 Å². The van der Waals surface area contributed by atoms with Crippen molar-refractivity contribution in [1.29, 1.82) is 0 Å². The molecule has 87 heavy (non-hydrogen) atoms. The number of nitrogens with two attached hydrogens (primary N) is 1. The summed E-state index contributed by atoms with van der Waals surface area (Å²) < 4.78 is 34.6. The molecular weight excluding hydrogens is 1110 g/mol. The van der Waals surface area contributed by atoms with Gasteiger partial charge in [-0.05, 0) is 46.0 Å². The topological polar surface area (TPSA) is 274 Å². The van der Waals surface area contributed by atoms with E-state index >= 15 is 0 Å². The molecule has 1 saturated heterocycles. The van der Waals surface area contributed by atoms with E-state index in [-0.39, 0.29) is 32.1 Å². The van der Waals surface area contributed by atoms with Crippen LogP contribution in [0.2, 0.25) is 0 Å². The predicted molar refractivity (Wildman–Crippen MR) is 340 cm³/mol. The summed E-state index contributed by atoms with van der Waals surface area (Å²) >= 11 is 0. The third-order valence-electron chi connectivity index (χ3n) is 16.5. The molecule has 0 bridgehead atoms. The first kappa shape index (κ1) is 80.7. The Hall–Kier alpha value is -4.36. The number of carbonyl (C=O) groups excluding carboxylic acids is 8. The van der Waals surface area contributed by atoms with Crippen molar-refractivity contribution >= 4 is 47.5 Å². The van der Waals surface area contributed by atoms with E-state index in [4.69, 9.17) is 29.4 Å². The van der Waals surface area contributed by atoms with Gasteiger partial charge in [-0.2, -0.15) is 0 Å². The van der Waals surface area contributed by atoms with Gasteiger partial charge in [0.2, 0.25) is 29.9 Å². The Balaban J connectivity index is 3.20. The highest BCUT2D eigenvalue weighted by Crippen LogP contribution is 2.28. The molecule has 9 atom stereocenters. The van der Waals surface area contributed by atoms with Crippen LogP contribution >= 0.6 is 0 Å². The number of nitrogens with one attached hydrogen (secondary N) is 3. The second-order valence-corrected chi connectivity index (χ2v) is 24.6. The van der Waals surface area contributed by atoms with Crippen molar-refractivity contribution in [1.82, 2.24) is 16.0 Å². The number of unbranched alkanes of at least 4 members (excludes halogenated alkanes) is 34. The molecule has 0 aromatic rings. The molecule has 1 fully saturated rings. The molecular formula is C68H124N4O15. The van der Waals surface area contributed by atoms with Crippen molar-refractivity contribution in [3.8, 4) is 0 Å². The Bertz CT molecular complexity index is 1840. The number of hydrogen-bond acceptors (Lipinski definition) is 15. The first-order valence-corrected chi connectivity index (χ1v) is 34.7. The number of carbonyl (C=O) groups is 8. The van der Waals surface area contributed by atoms with Gasteiger partial charge in [-0.25, -0.2) is 0 Å². The highest BCUT2D eigenvalue weighted by Gasteiger charge is 2.50. The third-order valence-corrected chi connectivity index (χ3v) is 16.5. The standard InChI is InChI=1S/C68H124N4O15/c1-8-11-14-17-20-23-25-27-28-30-31-34-37-40-43-46-59(75)83-51-57-63(78)64(84-53(5)67(81)70-52(4)66(80)72-56(65(69)79)48-49-58(74)82-7)62(71-54(6)73)68(86-57)87-61(77)50-55(45-42-39-36-33-22-19-16-13-10-3)85-60(76)47-44-41-38-35-32-29-26-24-21-18-15-12-9-2/h52-53,55-57,62-64,68,78H,8-51H2,1-7H3,(H2,69,79)(H,70,81)(H,71,73)(H,72,80)/t52-,53?,55+,56+,57+,62+,63+,64-,68+/m0/s1. The van der Waals surface area contributed by atoms with Gasteiger partial charge < -0.3 is 55.2 Å². The Morgan fingerprint density at radius 1 is 0.517 bits per heavy atom. The summed E-state index contributed by atoms with van der Waals surface area (Å²) in [6.07, 6.45) is 34.1. The predicted octanol–water partition coefficient (Wildman–Crippen LogP) is 12.8. The van der Waals surface area contributed by atoms with Crippen molar-refractivity contribution in [3.05, 3.63) is 0 Å². The second-order valence-electron chi connectivity index (χ2n) is 24.6. The molecule has 0 saturated carbocycles. The molecule has 0 radical (unpaired) electrons. The van der Waals surface area contributed by atoms with Crippen molar-refractivity contribution < 1.29 is 71.9 Å². The molecule has 506 valence electrons. The zero-order valence-electron chi connectivity index (χ0n) is 55.5. The normalized spacial score (nSPS) is 18.0. The molecule has 1 aliphatic rings. The minimum atomic E-state index is -1.68. The van der Waals surface area contributed by atoms with Crippen LogP contribution in [-0.4, -0.2) is 121 Å². The molecule has 0 aliphatic carbocycles. The number of aliphatic hydroxyl groups is 1. The van der Waals surface area contributed by atoms with Gasteiger partial charge in [0, 0.05) is 26.2 Å². The van der Waals surface area contributed by atoms with Crippen LogP contribution in [0.5, 0.6) is 0 Å². The molecule has 1 heterocycles. The van der Waals surface area contributed by atoms with Crippen molar-refractivity contribution in [2.24, 2.45) is 5.73 Å². The second kappa shape index (κ2) is 53.5. The minimum absolute atomic E-state index is 0.126. The van der Waals surface area contributed by atoms with Crippen LogP contribution in [0, 0.1) is 0 Å². The summed E-state index contributed by atoms with van der Waals surface area (Å²) in [4.78, 5) is 104. The summed E-state index contributed by atoms with van der Waals surface area (Å²) in [5.41, 5.74) is 5.47. The lowest BCUT2D eigenvalue weighted by Gasteiger charge is -2.44. The number of hydrogen-bond donors (Lipinski definition) is 5. The maximum absolute atomic E-state index is 14.1. The number of rotatable bonds is 57. The molecule has 19 heteroatoms. The third kappa shape index (κ3) is 42.3. The van der Waals surface area contributed by atoms with Crippen LogP contribution in [-0.2, 0) is 66.8 Å². The largest absolute Gasteiger partial charge is 0.469 e. The van der Waals surface area contributed by atoms with Crippen molar-refractivity contribution in [2.75, 3.05) is 13.7 Å². The van der Waals surface area contributed by atoms with E-state index in [0.29, 0.717) is 25.7 Å². The van der Waals surface area contributed by atoms with Crippen LogP contribution in [0.3, 0.4) is 0 Å². The lowest BCUT2D eigenvalue weighted by molar-refractivity contribution is -0.275. The van der Waals surface area contributed by atoms with Crippen LogP contribution in [0.1, 0.15) is 318 Å². The maximum atomic E-state index is 14.1. The Morgan fingerprint density at radius 2 is 0.943 bits per heavy atom. The Kier molecular flexibility index (Phi) is 49.6. The van der Waals surface area contributed by atoms with Gasteiger partial charge >= 0.3 is 23.9 Å². The number of amides is 4. The highest BCUT2D eigenvalue weighted by atomic mass is 16.7. The zero-order chi connectivity index (χ0) is 64.3. The Morgan fingerprint density at radius 3 is 1.37 bits per heavy atom. The first-order valence-electron chi connectivity index (χ1n) is 34.7. The van der Waals surface area contributed by atoms with Crippen molar-refractivity contribution in [2.45, 2.75) is 373 Å². The minimum Gasteiger partial charge on any atom is -0.469 e. The van der Waals surface area contributed by atoms with E-state index in [9.17, 15) is 43.5 Å². The molecule has 1 aliphatic heterocycles. The quantitative estimate of drug-likeness (QED) is 0.0215. The molecule has 0 aromatic heterocycles. The van der Waals surface area contributed by atoms with Crippen LogP contribution in [0.4, 0.5) is 0 Å². The fraction of sp³-hybridized carbons (Fsp3) is 0.882. The molecule has 0 aromatic carbocycles. The van der Waals surface area contributed by atoms with Gasteiger partial charge in [0.25, 0.3) is 0 Å². The molecule has 6 N–H and O–H groups in total. The Labute approximate surface area is 525 Å². The van der Waals surface area contributed by atoms with Gasteiger partial charge in [-0.3, -0.25) is 38.4 Å². The van der Waals surface area contributed by atoms with E-state index in [0.717, 1.165) is 70.6 Å². The first-order chi connectivity index (χ1) is 42.0. The van der Waals surface area contributed by atoms with E-state index in [1.165, 1.54) is 176 Å². The monoisotopic (exact) mass is 1240 g/mol. The average molecular weight is 1240 g/mol. The smallest absolute Gasteiger partial charge is 0.311 e. The molecule has 0 spiro atoms. The van der Waals surface area contributed by atoms with E-state index in [2.05, 4.69) is 41.5 Å². The van der Waals surface area contributed by atoms with Crippen LogP contribution < -0.4 is 21.7 Å². The van der Waals surface area contributed by atoms with Gasteiger partial charge in [0.05, 0.1) is 13.5 Å². The lowest BCUT2D eigenvalue weighted by atomic mass is 9.96. The van der Waals surface area contributed by atoms with Crippen LogP contribution in [0.25, 0.3) is 0 Å². The van der Waals surface area contributed by atoms with Gasteiger partial charge in [0.15, 0.2) is 0 Å². The molecule has 19 nitrogen and oxygen atoms in total. The van der Waals surface area contributed by atoms with Crippen molar-refractivity contribution in [3.63, 3.8) is 0 Å². The average Bonchev–Trinajstić information content (AvgIpc) is 1.33.